The molecule has 0 N–H and O–H groups in total. The molecule has 1 atom stereocenters. The number of anilines is 5. The Bertz CT molecular complexity index is 3210. The van der Waals surface area contributed by atoms with Gasteiger partial charge in [-0.2, -0.15) is 0 Å². The topological polar surface area (TPSA) is 68.6 Å². The van der Waals surface area contributed by atoms with E-state index in [9.17, 15) is 8.42 Å². The summed E-state index contributed by atoms with van der Waals surface area (Å²) in [6.45, 7) is 0. The number of amidine groups is 2. The third-order valence-corrected chi connectivity index (χ3v) is 14.5. The lowest BCUT2D eigenvalue weighted by Crippen LogP contribution is -2.52. The van der Waals surface area contributed by atoms with Crippen LogP contribution in [0.15, 0.2) is 220 Å². The molecular weight excluding hydrogens is 771 g/mol. The van der Waals surface area contributed by atoms with E-state index in [0.717, 1.165) is 67.4 Å². The minimum atomic E-state index is -3.90. The fraction of sp³-hybridized carbons (Fsp3) is 0.0566. The van der Waals surface area contributed by atoms with E-state index in [2.05, 4.69) is 137 Å². The Kier molecular flexibility index (Phi) is 7.68. The fourth-order valence-electron chi connectivity index (χ4n) is 10.2. The van der Waals surface area contributed by atoms with Crippen molar-refractivity contribution in [3.63, 3.8) is 0 Å². The van der Waals surface area contributed by atoms with Gasteiger partial charge in [-0.3, -0.25) is 0 Å². The molecule has 12 rings (SSSR count). The number of rotatable bonds is 4. The van der Waals surface area contributed by atoms with Crippen molar-refractivity contribution in [2.45, 2.75) is 21.5 Å². The van der Waals surface area contributed by atoms with Gasteiger partial charge in [0.15, 0.2) is 5.84 Å². The number of sulfone groups is 1. The maximum Gasteiger partial charge on any atom is 0.210 e. The molecule has 8 aromatic carbocycles. The van der Waals surface area contributed by atoms with Crippen molar-refractivity contribution in [3.8, 4) is 11.1 Å². The monoisotopic (exact) mass is 807 g/mol. The highest BCUT2D eigenvalue weighted by molar-refractivity contribution is 7.92. The van der Waals surface area contributed by atoms with Crippen LogP contribution in [0.5, 0.6) is 0 Å². The number of hydrogen-bond donors (Lipinski definition) is 0. The summed E-state index contributed by atoms with van der Waals surface area (Å²) in [4.78, 5) is 17.9. The molecule has 3 heterocycles. The maximum atomic E-state index is 14.8. The summed E-state index contributed by atoms with van der Waals surface area (Å²) in [5, 5.41) is 0. The van der Waals surface area contributed by atoms with Gasteiger partial charge in [-0.05, 0) is 70.3 Å². The van der Waals surface area contributed by atoms with E-state index in [1.807, 2.05) is 72.8 Å². The highest BCUT2D eigenvalue weighted by Crippen LogP contribution is 2.66. The number of hydrogen-bond acceptors (Lipinski definition) is 7. The van der Waals surface area contributed by atoms with E-state index in [-0.39, 0.29) is 0 Å². The molecule has 1 aliphatic carbocycles. The SMILES string of the molecule is CN1C(c2ccccc2)=NC(c2ccccc2)=NC1N1c2ccccc2C2(c3ccccc3-c3c2ccc2c3N(c3ccccc3)c3ccccc3S2(=O)=O)c2ccccc21. The second-order valence-corrected chi connectivity index (χ2v) is 17.6. The van der Waals surface area contributed by atoms with E-state index >= 15 is 0 Å². The Morgan fingerprint density at radius 2 is 1.05 bits per heavy atom. The molecule has 4 aliphatic rings. The first-order chi connectivity index (χ1) is 30.0. The lowest BCUT2D eigenvalue weighted by molar-refractivity contribution is 0.373. The summed E-state index contributed by atoms with van der Waals surface area (Å²) < 4.78 is 29.6. The van der Waals surface area contributed by atoms with Crippen molar-refractivity contribution in [1.29, 1.82) is 0 Å². The van der Waals surface area contributed by atoms with Crippen LogP contribution >= 0.6 is 0 Å². The lowest BCUT2D eigenvalue weighted by atomic mass is 9.64. The summed E-state index contributed by atoms with van der Waals surface area (Å²) >= 11 is 0. The van der Waals surface area contributed by atoms with E-state index < -0.39 is 21.5 Å². The predicted octanol–water partition coefficient (Wildman–Crippen LogP) is 11.2. The molecule has 8 aromatic rings. The van der Waals surface area contributed by atoms with Crippen LogP contribution in [0.3, 0.4) is 0 Å². The van der Waals surface area contributed by atoms with Crippen molar-refractivity contribution >= 4 is 49.9 Å². The smallest absolute Gasteiger partial charge is 0.210 e. The summed E-state index contributed by atoms with van der Waals surface area (Å²) in [6, 6.07) is 67.7. The predicted molar refractivity (Wildman–Crippen MR) is 244 cm³/mol. The van der Waals surface area contributed by atoms with Gasteiger partial charge in [0.05, 0.1) is 26.6 Å². The molecular formula is C53H37N5O2S. The van der Waals surface area contributed by atoms with Crippen LogP contribution in [-0.4, -0.2) is 38.3 Å². The Balaban J connectivity index is 1.15. The van der Waals surface area contributed by atoms with Gasteiger partial charge in [0.1, 0.15) is 5.84 Å². The Morgan fingerprint density at radius 1 is 0.508 bits per heavy atom. The van der Waals surface area contributed by atoms with Crippen molar-refractivity contribution < 1.29 is 8.42 Å². The summed E-state index contributed by atoms with van der Waals surface area (Å²) in [5.41, 5.74) is 11.5. The van der Waals surface area contributed by atoms with Crippen molar-refractivity contribution in [1.82, 2.24) is 4.90 Å². The zero-order chi connectivity index (χ0) is 40.9. The van der Waals surface area contributed by atoms with Gasteiger partial charge in [0.25, 0.3) is 0 Å². The molecule has 3 aliphatic heterocycles. The molecule has 7 nitrogen and oxygen atoms in total. The second kappa shape index (κ2) is 13.2. The Morgan fingerprint density at radius 3 is 1.72 bits per heavy atom. The van der Waals surface area contributed by atoms with Crippen LogP contribution in [0.1, 0.15) is 33.4 Å². The summed E-state index contributed by atoms with van der Waals surface area (Å²) in [6.07, 6.45) is -0.516. The van der Waals surface area contributed by atoms with Crippen LogP contribution in [0.4, 0.5) is 28.4 Å². The molecule has 0 amide bonds. The molecule has 61 heavy (non-hydrogen) atoms. The zero-order valence-electron chi connectivity index (χ0n) is 33.1. The normalized spacial score (nSPS) is 17.3. The number of benzene rings is 8. The molecule has 0 bridgehead atoms. The molecule has 1 spiro atoms. The van der Waals surface area contributed by atoms with Gasteiger partial charge in [0, 0.05) is 40.8 Å². The number of aliphatic imine (C=N–C) groups is 2. The van der Waals surface area contributed by atoms with E-state index in [1.165, 1.54) is 0 Å². The average molecular weight is 808 g/mol. The number of para-hydroxylation sites is 4. The van der Waals surface area contributed by atoms with Crippen molar-refractivity contribution in [3.05, 3.63) is 234 Å². The Hall–Kier alpha value is -7.55. The van der Waals surface area contributed by atoms with E-state index in [4.69, 9.17) is 9.98 Å². The second-order valence-electron chi connectivity index (χ2n) is 15.8. The van der Waals surface area contributed by atoms with Gasteiger partial charge in [0.2, 0.25) is 16.1 Å². The Labute approximate surface area is 354 Å². The lowest BCUT2D eigenvalue weighted by Gasteiger charge is -2.49. The first kappa shape index (κ1) is 35.4. The number of fused-ring (bicyclic) bond motifs is 12. The van der Waals surface area contributed by atoms with E-state index in [0.29, 0.717) is 27.0 Å². The van der Waals surface area contributed by atoms with Crippen LogP contribution in [0, 0.1) is 0 Å². The van der Waals surface area contributed by atoms with Crippen molar-refractivity contribution in [2.24, 2.45) is 9.98 Å². The van der Waals surface area contributed by atoms with E-state index in [1.54, 1.807) is 12.1 Å². The molecule has 292 valence electrons. The van der Waals surface area contributed by atoms with Gasteiger partial charge in [-0.1, -0.05) is 158 Å². The van der Waals surface area contributed by atoms with Crippen LogP contribution in [0.25, 0.3) is 11.1 Å². The molecule has 0 fully saturated rings. The largest absolute Gasteiger partial charge is 0.320 e. The number of nitrogens with zero attached hydrogens (tertiary/aromatic N) is 5. The minimum absolute atomic E-state index is 0.291. The van der Waals surface area contributed by atoms with Gasteiger partial charge >= 0.3 is 0 Å². The summed E-state index contributed by atoms with van der Waals surface area (Å²) in [7, 11) is -1.83. The van der Waals surface area contributed by atoms with Crippen LogP contribution in [0.2, 0.25) is 0 Å². The highest BCUT2D eigenvalue weighted by Gasteiger charge is 2.55. The quantitative estimate of drug-likeness (QED) is 0.177. The first-order valence-corrected chi connectivity index (χ1v) is 21.9. The molecule has 0 saturated carbocycles. The molecule has 0 radical (unpaired) electrons. The van der Waals surface area contributed by atoms with Gasteiger partial charge < -0.3 is 14.7 Å². The third kappa shape index (κ3) is 4.88. The van der Waals surface area contributed by atoms with Crippen LogP contribution < -0.4 is 9.80 Å². The van der Waals surface area contributed by atoms with Crippen LogP contribution in [-0.2, 0) is 15.3 Å². The van der Waals surface area contributed by atoms with Crippen molar-refractivity contribution in [2.75, 3.05) is 16.8 Å². The first-order valence-electron chi connectivity index (χ1n) is 20.4. The molecule has 0 saturated heterocycles. The molecule has 8 heteroatoms. The zero-order valence-corrected chi connectivity index (χ0v) is 33.9. The summed E-state index contributed by atoms with van der Waals surface area (Å²) in [5.74, 6) is 1.48. The standard InChI is InChI=1S/C53H37N5O2S/c1-56-51(36-21-7-3-8-22-36)54-50(35-19-5-2-6-20-35)55-52(56)58-43-29-15-13-27-40(43)53(41-28-14-16-30-44(41)58)39-26-12-11-25-38(39)48-42(53)33-34-47-49(48)57(37-23-9-4-10-24-37)45-31-17-18-32-46(45)61(47,59)60/h2-34,52H,1H3. The molecule has 1 unspecified atom stereocenters. The minimum Gasteiger partial charge on any atom is -0.320 e. The highest BCUT2D eigenvalue weighted by atomic mass is 32.2. The van der Waals surface area contributed by atoms with Gasteiger partial charge in [-0.15, -0.1) is 0 Å². The fourth-order valence-corrected chi connectivity index (χ4v) is 11.8. The van der Waals surface area contributed by atoms with Gasteiger partial charge in [-0.25, -0.2) is 18.4 Å². The third-order valence-electron chi connectivity index (χ3n) is 12.6. The molecule has 0 aromatic heterocycles. The average Bonchev–Trinajstić information content (AvgIpc) is 3.61. The maximum absolute atomic E-state index is 14.8.